The summed E-state index contributed by atoms with van der Waals surface area (Å²) in [4.78, 5) is 0. The van der Waals surface area contributed by atoms with Gasteiger partial charge in [0, 0.05) is 0 Å². The number of likely N-dealkylation sites (N-methyl/N-ethyl adjacent to an activating group) is 1. The second kappa shape index (κ2) is 6.46. The lowest BCUT2D eigenvalue weighted by Gasteiger charge is -2.08. The van der Waals surface area contributed by atoms with E-state index in [9.17, 15) is 0 Å². The molecule has 0 radical (unpaired) electrons. The summed E-state index contributed by atoms with van der Waals surface area (Å²) in [5, 5.41) is 2.24. The first-order chi connectivity index (χ1) is 7.24. The Morgan fingerprint density at radius 3 is 2.40 bits per heavy atom. The van der Waals surface area contributed by atoms with E-state index in [1.54, 1.807) is 0 Å². The normalized spacial score (nSPS) is 10.7. The maximum absolute atomic E-state index is 5.61. The molecule has 0 amide bonds. The zero-order valence-corrected chi connectivity index (χ0v) is 9.99. The van der Waals surface area contributed by atoms with Crippen LogP contribution in [0.5, 0.6) is 5.75 Å². The van der Waals surface area contributed by atoms with Gasteiger partial charge in [-0.15, -0.1) is 0 Å². The van der Waals surface area contributed by atoms with E-state index in [1.165, 1.54) is 5.56 Å². The minimum absolute atomic E-state index is 0.590. The number of quaternary nitrogens is 1. The second-order valence-corrected chi connectivity index (χ2v) is 4.06. The highest BCUT2D eigenvalue weighted by Crippen LogP contribution is 2.18. The zero-order chi connectivity index (χ0) is 11.1. The van der Waals surface area contributed by atoms with Gasteiger partial charge in [-0.2, -0.15) is 0 Å². The Morgan fingerprint density at radius 2 is 1.87 bits per heavy atom. The van der Waals surface area contributed by atoms with Crippen LogP contribution >= 0.6 is 0 Å². The summed E-state index contributed by atoms with van der Waals surface area (Å²) < 4.78 is 5.61. The monoisotopic (exact) mass is 208 g/mol. The highest BCUT2D eigenvalue weighted by Gasteiger charge is 1.99. The Labute approximate surface area is 92.6 Å². The van der Waals surface area contributed by atoms with Gasteiger partial charge in [-0.1, -0.05) is 26.0 Å². The number of hydrogen-bond donors (Lipinski definition) is 1. The van der Waals surface area contributed by atoms with Gasteiger partial charge in [0.25, 0.3) is 0 Å². The number of benzene rings is 1. The number of ether oxygens (including phenoxy) is 1. The van der Waals surface area contributed by atoms with Crippen molar-refractivity contribution in [1.82, 2.24) is 0 Å². The molecule has 15 heavy (non-hydrogen) atoms. The molecule has 84 valence electrons. The highest BCUT2D eigenvalue weighted by atomic mass is 16.5. The molecule has 0 saturated carbocycles. The summed E-state index contributed by atoms with van der Waals surface area (Å²) in [5.41, 5.74) is 1.36. The molecule has 2 heteroatoms. The molecule has 0 atom stereocenters. The fourth-order valence-corrected chi connectivity index (χ4v) is 1.41. The smallest absolute Gasteiger partial charge is 0.137 e. The molecule has 0 saturated heterocycles. The first kappa shape index (κ1) is 12.1. The number of rotatable bonds is 6. The lowest BCUT2D eigenvalue weighted by molar-refractivity contribution is -0.652. The van der Waals surface area contributed by atoms with E-state index in [0.717, 1.165) is 25.4 Å². The largest absolute Gasteiger partial charge is 0.488 e. The van der Waals surface area contributed by atoms with Gasteiger partial charge in [0.1, 0.15) is 18.9 Å². The predicted octanol–water partition coefficient (Wildman–Crippen LogP) is 1.77. The van der Waals surface area contributed by atoms with Crippen LogP contribution in [0.15, 0.2) is 24.3 Å². The van der Waals surface area contributed by atoms with Crippen molar-refractivity contribution < 1.29 is 10.1 Å². The van der Waals surface area contributed by atoms with Gasteiger partial charge >= 0.3 is 0 Å². The Kier molecular flexibility index (Phi) is 5.19. The van der Waals surface area contributed by atoms with Crippen molar-refractivity contribution in [2.24, 2.45) is 0 Å². The van der Waals surface area contributed by atoms with E-state index in [0.29, 0.717) is 5.92 Å². The summed E-state index contributed by atoms with van der Waals surface area (Å²) in [6.45, 7) is 9.49. The van der Waals surface area contributed by atoms with Crippen molar-refractivity contribution in [3.63, 3.8) is 0 Å². The van der Waals surface area contributed by atoms with Gasteiger partial charge in [-0.25, -0.2) is 0 Å². The molecule has 0 heterocycles. The molecule has 0 aliphatic heterocycles. The van der Waals surface area contributed by atoms with Crippen LogP contribution in [0, 0.1) is 0 Å². The Balaban J connectivity index is 2.36. The van der Waals surface area contributed by atoms with E-state index >= 15 is 0 Å². The molecule has 1 aromatic carbocycles. The maximum Gasteiger partial charge on any atom is 0.137 e. The molecule has 1 aromatic rings. The summed E-state index contributed by atoms with van der Waals surface area (Å²) in [6.07, 6.45) is 0. The second-order valence-electron chi connectivity index (χ2n) is 4.06. The van der Waals surface area contributed by atoms with Gasteiger partial charge in [0.2, 0.25) is 0 Å². The van der Waals surface area contributed by atoms with E-state index < -0.39 is 0 Å². The molecule has 2 nitrogen and oxygen atoms in total. The molecule has 0 aliphatic carbocycles. The van der Waals surface area contributed by atoms with Crippen molar-refractivity contribution in [2.75, 3.05) is 19.7 Å². The minimum atomic E-state index is 0.590. The zero-order valence-electron chi connectivity index (χ0n) is 9.99. The first-order valence-corrected chi connectivity index (χ1v) is 5.78. The van der Waals surface area contributed by atoms with Crippen molar-refractivity contribution in [3.05, 3.63) is 29.8 Å². The van der Waals surface area contributed by atoms with Gasteiger partial charge in [-0.3, -0.25) is 0 Å². The van der Waals surface area contributed by atoms with Crippen molar-refractivity contribution >= 4 is 0 Å². The van der Waals surface area contributed by atoms with Crippen LogP contribution in [0.25, 0.3) is 0 Å². The number of hydrogen-bond acceptors (Lipinski definition) is 1. The summed E-state index contributed by atoms with van der Waals surface area (Å²) in [7, 11) is 0. The van der Waals surface area contributed by atoms with E-state index in [-0.39, 0.29) is 0 Å². The molecule has 0 spiro atoms. The third-order valence-electron chi connectivity index (χ3n) is 2.43. The van der Waals surface area contributed by atoms with Crippen molar-refractivity contribution in [1.29, 1.82) is 0 Å². The third kappa shape index (κ3) is 4.34. The average Bonchev–Trinajstić information content (AvgIpc) is 2.25. The first-order valence-electron chi connectivity index (χ1n) is 5.78. The van der Waals surface area contributed by atoms with Crippen LogP contribution in [-0.4, -0.2) is 19.7 Å². The average molecular weight is 208 g/mol. The molecule has 0 bridgehead atoms. The molecule has 0 fully saturated rings. The van der Waals surface area contributed by atoms with Crippen LogP contribution < -0.4 is 10.1 Å². The van der Waals surface area contributed by atoms with Crippen LogP contribution in [-0.2, 0) is 0 Å². The van der Waals surface area contributed by atoms with E-state index in [4.69, 9.17) is 4.74 Å². The summed E-state index contributed by atoms with van der Waals surface area (Å²) in [5.74, 6) is 1.57. The van der Waals surface area contributed by atoms with Gasteiger partial charge in [0.05, 0.1) is 6.54 Å². The highest BCUT2D eigenvalue weighted by molar-refractivity contribution is 5.28. The molecule has 0 aliphatic rings. The van der Waals surface area contributed by atoms with E-state index in [1.807, 2.05) is 0 Å². The predicted molar refractivity (Wildman–Crippen MR) is 63.4 cm³/mol. The topological polar surface area (TPSA) is 25.8 Å². The molecule has 0 aromatic heterocycles. The van der Waals surface area contributed by atoms with Gasteiger partial charge < -0.3 is 10.1 Å². The lowest BCUT2D eigenvalue weighted by atomic mass is 10.0. The molecular formula is C13H22NO+. The fraction of sp³-hybridized carbons (Fsp3) is 0.538. The summed E-state index contributed by atoms with van der Waals surface area (Å²) in [6, 6.07) is 8.40. The molecule has 1 rings (SSSR count). The fourth-order valence-electron chi connectivity index (χ4n) is 1.41. The Morgan fingerprint density at radius 1 is 1.20 bits per heavy atom. The van der Waals surface area contributed by atoms with Crippen LogP contribution in [0.3, 0.4) is 0 Å². The third-order valence-corrected chi connectivity index (χ3v) is 2.43. The summed E-state index contributed by atoms with van der Waals surface area (Å²) >= 11 is 0. The number of nitrogens with two attached hydrogens (primary N) is 1. The SMILES string of the molecule is CC[NH2+]CCOc1ccc(C(C)C)cc1. The molecular weight excluding hydrogens is 186 g/mol. The lowest BCUT2D eigenvalue weighted by Crippen LogP contribution is -2.84. The van der Waals surface area contributed by atoms with E-state index in [2.05, 4.69) is 50.4 Å². The van der Waals surface area contributed by atoms with Crippen molar-refractivity contribution in [2.45, 2.75) is 26.7 Å². The van der Waals surface area contributed by atoms with Crippen LogP contribution in [0.4, 0.5) is 0 Å². The quantitative estimate of drug-likeness (QED) is 0.708. The standard InChI is InChI=1S/C13H21NO/c1-4-14-9-10-15-13-7-5-12(6-8-13)11(2)3/h5-8,11,14H,4,9-10H2,1-3H3/p+1. The van der Waals surface area contributed by atoms with Crippen molar-refractivity contribution in [3.8, 4) is 5.75 Å². The van der Waals surface area contributed by atoms with Crippen LogP contribution in [0.1, 0.15) is 32.3 Å². The maximum atomic E-state index is 5.61. The molecule has 2 N–H and O–H groups in total. The van der Waals surface area contributed by atoms with Gasteiger partial charge in [0.15, 0.2) is 0 Å². The Hall–Kier alpha value is -1.02. The minimum Gasteiger partial charge on any atom is -0.488 e. The van der Waals surface area contributed by atoms with Crippen LogP contribution in [0.2, 0.25) is 0 Å². The Bertz CT molecular complexity index is 266. The molecule has 0 unspecified atom stereocenters. The van der Waals surface area contributed by atoms with Gasteiger partial charge in [-0.05, 0) is 30.5 Å².